The molecule has 0 bridgehead atoms. The zero-order chi connectivity index (χ0) is 23.0. The average Bonchev–Trinajstić information content (AvgIpc) is 3.52. The van der Waals surface area contributed by atoms with Gasteiger partial charge in [0.1, 0.15) is 5.82 Å². The lowest BCUT2D eigenvalue weighted by Crippen LogP contribution is -2.23. The van der Waals surface area contributed by atoms with Crippen LogP contribution >= 0.6 is 0 Å². The zero-order valence-electron chi connectivity index (χ0n) is 18.1. The summed E-state index contributed by atoms with van der Waals surface area (Å²) in [6, 6.07) is 11.8. The van der Waals surface area contributed by atoms with Gasteiger partial charge in [0.25, 0.3) is 0 Å². The molecule has 2 aliphatic rings. The molecule has 1 aliphatic heterocycles. The molecule has 5 rings (SSSR count). The number of anilines is 2. The largest absolute Gasteiger partial charge is 0.367 e. The second kappa shape index (κ2) is 8.73. The third-order valence-electron chi connectivity index (χ3n) is 6.25. The van der Waals surface area contributed by atoms with E-state index in [1.165, 1.54) is 0 Å². The molecule has 174 valence electrons. The van der Waals surface area contributed by atoms with Crippen molar-refractivity contribution in [2.24, 2.45) is 11.1 Å². The Balaban J connectivity index is 1.34. The summed E-state index contributed by atoms with van der Waals surface area (Å²) >= 11 is 0. The van der Waals surface area contributed by atoms with Crippen LogP contribution in [0.15, 0.2) is 42.6 Å². The van der Waals surface area contributed by atoms with Gasteiger partial charge < -0.3 is 10.2 Å². The number of nitrogens with two attached hydrogens (primary N) is 1. The van der Waals surface area contributed by atoms with Gasteiger partial charge in [0.15, 0.2) is 5.65 Å². The molecule has 3 heterocycles. The number of benzene rings is 1. The molecular weight excluding hydrogens is 444 g/mol. The van der Waals surface area contributed by atoms with E-state index in [-0.39, 0.29) is 24.5 Å². The van der Waals surface area contributed by atoms with Gasteiger partial charge in [0.2, 0.25) is 5.91 Å². The van der Waals surface area contributed by atoms with E-state index in [0.29, 0.717) is 12.1 Å². The van der Waals surface area contributed by atoms with Crippen molar-refractivity contribution < 1.29 is 17.4 Å². The summed E-state index contributed by atoms with van der Waals surface area (Å²) in [5, 5.41) is 13.2. The Bertz CT molecular complexity index is 1290. The van der Waals surface area contributed by atoms with E-state index < -0.39 is 10.3 Å². The minimum atomic E-state index is -3.92. The molecule has 3 N–H and O–H groups in total. The number of nitrogens with zero attached hydrogens (tertiary/aromatic N) is 4. The normalized spacial score (nSPS) is 21.2. The Kier molecular flexibility index (Phi) is 5.77. The summed E-state index contributed by atoms with van der Waals surface area (Å²) in [6.45, 7) is 0.845. The first-order valence-electron chi connectivity index (χ1n) is 11.0. The van der Waals surface area contributed by atoms with Crippen molar-refractivity contribution in [3.8, 4) is 11.3 Å². The standard InChI is InChI=1S/C22H26N6O4S/c23-33(30,31)32-14-15-6-7-17(11-15)25-20-8-9-24-21-13-19(26-28(20)21)16-3-1-4-18(12-16)27-10-2-5-22(27)29/h1,3-4,8-9,12-13,15,17,25H,2,5-7,10-11,14H2,(H2,23,30,31)/t15-,17+/m1/s1. The summed E-state index contributed by atoms with van der Waals surface area (Å²) in [7, 11) is -3.92. The van der Waals surface area contributed by atoms with Crippen molar-refractivity contribution in [1.82, 2.24) is 14.6 Å². The van der Waals surface area contributed by atoms with Crippen LogP contribution in [-0.2, 0) is 19.3 Å². The van der Waals surface area contributed by atoms with Crippen molar-refractivity contribution in [3.63, 3.8) is 0 Å². The van der Waals surface area contributed by atoms with Gasteiger partial charge in [-0.25, -0.2) is 10.1 Å². The molecule has 1 amide bonds. The minimum absolute atomic E-state index is 0.102. The molecule has 0 spiro atoms. The quantitative estimate of drug-likeness (QED) is 0.542. The molecule has 1 aromatic carbocycles. The van der Waals surface area contributed by atoms with Gasteiger partial charge in [-0.2, -0.15) is 18.0 Å². The second-order valence-corrected chi connectivity index (χ2v) is 9.85. The van der Waals surface area contributed by atoms with Gasteiger partial charge in [-0.15, -0.1) is 0 Å². The first kappa shape index (κ1) is 21.8. The van der Waals surface area contributed by atoms with Crippen LogP contribution in [-0.4, -0.2) is 48.1 Å². The summed E-state index contributed by atoms with van der Waals surface area (Å²) in [5.74, 6) is 1.09. The van der Waals surface area contributed by atoms with Crippen molar-refractivity contribution >= 4 is 33.4 Å². The van der Waals surface area contributed by atoms with Crippen molar-refractivity contribution in [2.45, 2.75) is 38.1 Å². The number of rotatable bonds is 7. The van der Waals surface area contributed by atoms with Gasteiger partial charge in [0.05, 0.1) is 12.3 Å². The number of carbonyl (C=O) groups excluding carboxylic acids is 1. The number of hydrogen-bond acceptors (Lipinski definition) is 7. The van der Waals surface area contributed by atoms with Crippen LogP contribution in [0.2, 0.25) is 0 Å². The highest BCUT2D eigenvalue weighted by molar-refractivity contribution is 7.84. The molecule has 11 heteroatoms. The topological polar surface area (TPSA) is 132 Å². The van der Waals surface area contributed by atoms with E-state index in [4.69, 9.17) is 14.4 Å². The summed E-state index contributed by atoms with van der Waals surface area (Å²) in [5.41, 5.74) is 3.29. The third-order valence-corrected chi connectivity index (χ3v) is 6.71. The fraction of sp³-hybridized carbons (Fsp3) is 0.409. The van der Waals surface area contributed by atoms with Gasteiger partial charge in [-0.05, 0) is 49.8 Å². The summed E-state index contributed by atoms with van der Waals surface area (Å²) < 4.78 is 28.6. The SMILES string of the molecule is NS(=O)(=O)OC[C@@H]1CC[C@H](Nc2ccnc3cc(-c4cccc(N5CCCC5=O)c4)nn23)C1. The minimum Gasteiger partial charge on any atom is -0.367 e. The van der Waals surface area contributed by atoms with Crippen LogP contribution in [0.1, 0.15) is 32.1 Å². The molecule has 0 unspecified atom stereocenters. The highest BCUT2D eigenvalue weighted by Crippen LogP contribution is 2.30. The average molecular weight is 471 g/mol. The predicted molar refractivity (Wildman–Crippen MR) is 124 cm³/mol. The molecule has 1 saturated heterocycles. The molecule has 33 heavy (non-hydrogen) atoms. The lowest BCUT2D eigenvalue weighted by molar-refractivity contribution is -0.117. The number of hydrogen-bond donors (Lipinski definition) is 2. The second-order valence-electron chi connectivity index (χ2n) is 8.63. The Morgan fingerprint density at radius 3 is 2.88 bits per heavy atom. The van der Waals surface area contributed by atoms with Gasteiger partial charge >= 0.3 is 10.3 Å². The summed E-state index contributed by atoms with van der Waals surface area (Å²) in [6.07, 6.45) is 5.73. The molecule has 3 aromatic rings. The number of carbonyl (C=O) groups is 1. The first-order valence-corrected chi connectivity index (χ1v) is 12.5. The monoisotopic (exact) mass is 470 g/mol. The van der Waals surface area contributed by atoms with Crippen molar-refractivity contribution in [1.29, 1.82) is 0 Å². The number of amides is 1. The highest BCUT2D eigenvalue weighted by atomic mass is 32.2. The van der Waals surface area contributed by atoms with Crippen molar-refractivity contribution in [2.75, 3.05) is 23.4 Å². The number of nitrogens with one attached hydrogen (secondary N) is 1. The fourth-order valence-corrected chi connectivity index (χ4v) is 5.04. The van der Waals surface area contributed by atoms with Crippen LogP contribution in [0.5, 0.6) is 0 Å². The van der Waals surface area contributed by atoms with Crippen LogP contribution in [0.3, 0.4) is 0 Å². The maximum Gasteiger partial charge on any atom is 0.333 e. The highest BCUT2D eigenvalue weighted by Gasteiger charge is 2.27. The molecular formula is C22H26N6O4S. The summed E-state index contributed by atoms with van der Waals surface area (Å²) in [4.78, 5) is 18.4. The van der Waals surface area contributed by atoms with Crippen LogP contribution < -0.4 is 15.4 Å². The maximum atomic E-state index is 12.1. The van der Waals surface area contributed by atoms with E-state index in [9.17, 15) is 13.2 Å². The number of fused-ring (bicyclic) bond motifs is 1. The maximum absolute atomic E-state index is 12.1. The van der Waals surface area contributed by atoms with Gasteiger partial charge in [-0.3, -0.25) is 8.98 Å². The van der Waals surface area contributed by atoms with Gasteiger partial charge in [-0.1, -0.05) is 12.1 Å². The molecule has 1 saturated carbocycles. The molecule has 2 aromatic heterocycles. The molecule has 2 atom stereocenters. The first-order chi connectivity index (χ1) is 15.9. The number of aromatic nitrogens is 3. The Morgan fingerprint density at radius 2 is 2.09 bits per heavy atom. The third kappa shape index (κ3) is 4.85. The molecule has 2 fully saturated rings. The lowest BCUT2D eigenvalue weighted by atomic mass is 10.1. The lowest BCUT2D eigenvalue weighted by Gasteiger charge is -2.16. The van der Waals surface area contributed by atoms with E-state index >= 15 is 0 Å². The van der Waals surface area contributed by atoms with Crippen LogP contribution in [0, 0.1) is 5.92 Å². The fourth-order valence-electron chi connectivity index (χ4n) is 4.66. The van der Waals surface area contributed by atoms with Crippen LogP contribution in [0.25, 0.3) is 16.9 Å². The van der Waals surface area contributed by atoms with Gasteiger partial charge in [0, 0.05) is 42.5 Å². The van der Waals surface area contributed by atoms with Crippen molar-refractivity contribution in [3.05, 3.63) is 42.6 Å². The molecule has 0 radical (unpaired) electrons. The van der Waals surface area contributed by atoms with Crippen LogP contribution in [0.4, 0.5) is 11.5 Å². The van der Waals surface area contributed by atoms with E-state index in [0.717, 1.165) is 55.0 Å². The van der Waals surface area contributed by atoms with E-state index in [1.54, 1.807) is 10.7 Å². The Morgan fingerprint density at radius 1 is 1.21 bits per heavy atom. The smallest absolute Gasteiger partial charge is 0.333 e. The predicted octanol–water partition coefficient (Wildman–Crippen LogP) is 2.32. The van der Waals surface area contributed by atoms with E-state index in [1.807, 2.05) is 41.3 Å². The zero-order valence-corrected chi connectivity index (χ0v) is 18.9. The Labute approximate surface area is 192 Å². The van der Waals surface area contributed by atoms with E-state index in [2.05, 4.69) is 10.3 Å². The molecule has 10 nitrogen and oxygen atoms in total. The molecule has 1 aliphatic carbocycles. The Hall–Kier alpha value is -3.02.